The zero-order valence-electron chi connectivity index (χ0n) is 12.7. The summed E-state index contributed by atoms with van der Waals surface area (Å²) in [7, 11) is 0. The first-order valence-electron chi connectivity index (χ1n) is 8.84. The fourth-order valence-electron chi connectivity index (χ4n) is 4.36. The lowest BCUT2D eigenvalue weighted by molar-refractivity contribution is 0.134. The average molecular weight is 264 g/mol. The van der Waals surface area contributed by atoms with E-state index < -0.39 is 0 Å². The Hall–Kier alpha value is -0.0800. The van der Waals surface area contributed by atoms with Gasteiger partial charge in [-0.2, -0.15) is 0 Å². The van der Waals surface area contributed by atoms with Crippen LogP contribution in [0.25, 0.3) is 0 Å². The van der Waals surface area contributed by atoms with E-state index in [1.165, 1.54) is 77.4 Å². The number of nitrogens with zero attached hydrogens (tertiary/aromatic N) is 1. The van der Waals surface area contributed by atoms with Gasteiger partial charge in [-0.3, -0.25) is 4.90 Å². The Kier molecular flexibility index (Phi) is 4.81. The fraction of sp³-hybridized carbons (Fsp3) is 1.00. The molecule has 2 saturated carbocycles. The molecule has 0 amide bonds. The molecule has 0 radical (unpaired) electrons. The molecular formula is C17H32N2. The molecule has 2 heteroatoms. The van der Waals surface area contributed by atoms with E-state index in [1.54, 1.807) is 0 Å². The lowest BCUT2D eigenvalue weighted by atomic mass is 9.82. The van der Waals surface area contributed by atoms with Crippen molar-refractivity contribution in [3.63, 3.8) is 0 Å². The molecule has 1 aliphatic heterocycles. The Morgan fingerprint density at radius 1 is 1.05 bits per heavy atom. The van der Waals surface area contributed by atoms with Gasteiger partial charge in [-0.15, -0.1) is 0 Å². The van der Waals surface area contributed by atoms with E-state index in [2.05, 4.69) is 17.1 Å². The topological polar surface area (TPSA) is 15.3 Å². The summed E-state index contributed by atoms with van der Waals surface area (Å²) in [5, 5.41) is 3.73. The highest BCUT2D eigenvalue weighted by Gasteiger charge is 2.33. The summed E-state index contributed by atoms with van der Waals surface area (Å²) in [4.78, 5) is 2.84. The Morgan fingerprint density at radius 2 is 1.84 bits per heavy atom. The summed E-state index contributed by atoms with van der Waals surface area (Å²) in [5.74, 6) is 1.94. The van der Waals surface area contributed by atoms with Crippen molar-refractivity contribution in [2.24, 2.45) is 11.8 Å². The Balaban J connectivity index is 1.46. The fourth-order valence-corrected chi connectivity index (χ4v) is 4.36. The zero-order valence-corrected chi connectivity index (χ0v) is 12.7. The average Bonchev–Trinajstić information content (AvgIpc) is 3.17. The van der Waals surface area contributed by atoms with Crippen molar-refractivity contribution >= 4 is 0 Å². The van der Waals surface area contributed by atoms with Gasteiger partial charge in [0, 0.05) is 18.6 Å². The Bertz CT molecular complexity index is 268. The molecule has 2 nitrogen and oxygen atoms in total. The van der Waals surface area contributed by atoms with Gasteiger partial charge in [-0.05, 0) is 63.5 Å². The van der Waals surface area contributed by atoms with Crippen LogP contribution in [0.4, 0.5) is 0 Å². The maximum atomic E-state index is 3.73. The van der Waals surface area contributed by atoms with E-state index in [-0.39, 0.29) is 0 Å². The molecule has 3 aliphatic rings. The van der Waals surface area contributed by atoms with E-state index in [9.17, 15) is 0 Å². The molecule has 1 N–H and O–H groups in total. The van der Waals surface area contributed by atoms with Crippen molar-refractivity contribution in [3.8, 4) is 0 Å². The standard InChI is InChI=1S/C17H32N2/c1-2-17(15-6-4-3-5-7-15)19-11-10-14(13-19)12-18-16-8-9-16/h14-18H,2-13H2,1H3. The second kappa shape index (κ2) is 6.58. The summed E-state index contributed by atoms with van der Waals surface area (Å²) in [6.07, 6.45) is 13.1. The predicted molar refractivity (Wildman–Crippen MR) is 81.4 cm³/mol. The van der Waals surface area contributed by atoms with Gasteiger partial charge in [0.2, 0.25) is 0 Å². The molecule has 3 rings (SSSR count). The van der Waals surface area contributed by atoms with Gasteiger partial charge >= 0.3 is 0 Å². The molecule has 1 saturated heterocycles. The number of hydrogen-bond donors (Lipinski definition) is 1. The van der Waals surface area contributed by atoms with Crippen molar-refractivity contribution in [3.05, 3.63) is 0 Å². The zero-order chi connectivity index (χ0) is 13.1. The summed E-state index contributed by atoms with van der Waals surface area (Å²) < 4.78 is 0. The van der Waals surface area contributed by atoms with Gasteiger partial charge in [-0.25, -0.2) is 0 Å². The maximum Gasteiger partial charge on any atom is 0.0121 e. The highest BCUT2D eigenvalue weighted by atomic mass is 15.2. The number of nitrogens with one attached hydrogen (secondary N) is 1. The van der Waals surface area contributed by atoms with Crippen LogP contribution >= 0.6 is 0 Å². The van der Waals surface area contributed by atoms with Crippen LogP contribution in [0.15, 0.2) is 0 Å². The molecule has 2 atom stereocenters. The summed E-state index contributed by atoms with van der Waals surface area (Å²) in [6, 6.07) is 1.78. The van der Waals surface area contributed by atoms with Gasteiger partial charge in [0.25, 0.3) is 0 Å². The maximum absolute atomic E-state index is 3.73. The summed E-state index contributed by atoms with van der Waals surface area (Å²) in [5.41, 5.74) is 0. The van der Waals surface area contributed by atoms with Gasteiger partial charge in [-0.1, -0.05) is 26.2 Å². The Morgan fingerprint density at radius 3 is 2.53 bits per heavy atom. The van der Waals surface area contributed by atoms with E-state index in [0.29, 0.717) is 0 Å². The van der Waals surface area contributed by atoms with Crippen LogP contribution in [-0.2, 0) is 0 Å². The number of likely N-dealkylation sites (tertiary alicyclic amines) is 1. The van der Waals surface area contributed by atoms with E-state index in [0.717, 1.165) is 23.9 Å². The van der Waals surface area contributed by atoms with E-state index in [1.807, 2.05) is 0 Å². The van der Waals surface area contributed by atoms with Crippen molar-refractivity contribution in [1.29, 1.82) is 0 Å². The van der Waals surface area contributed by atoms with Gasteiger partial charge < -0.3 is 5.32 Å². The van der Waals surface area contributed by atoms with E-state index >= 15 is 0 Å². The van der Waals surface area contributed by atoms with Crippen molar-refractivity contribution in [2.75, 3.05) is 19.6 Å². The predicted octanol–water partition coefficient (Wildman–Crippen LogP) is 3.42. The third kappa shape index (κ3) is 3.72. The van der Waals surface area contributed by atoms with Gasteiger partial charge in [0.15, 0.2) is 0 Å². The molecule has 0 aromatic heterocycles. The molecular weight excluding hydrogens is 232 g/mol. The molecule has 0 aromatic carbocycles. The van der Waals surface area contributed by atoms with Crippen LogP contribution in [0, 0.1) is 11.8 Å². The largest absolute Gasteiger partial charge is 0.314 e. The summed E-state index contributed by atoms with van der Waals surface area (Å²) >= 11 is 0. The molecule has 2 unspecified atom stereocenters. The van der Waals surface area contributed by atoms with Crippen molar-refractivity contribution < 1.29 is 0 Å². The lowest BCUT2D eigenvalue weighted by Crippen LogP contribution is -2.40. The minimum Gasteiger partial charge on any atom is -0.314 e. The first-order chi connectivity index (χ1) is 9.36. The number of hydrogen-bond acceptors (Lipinski definition) is 2. The molecule has 0 spiro atoms. The van der Waals surface area contributed by atoms with Crippen LogP contribution < -0.4 is 5.32 Å². The van der Waals surface area contributed by atoms with Crippen LogP contribution in [0.1, 0.15) is 64.7 Å². The molecule has 110 valence electrons. The highest BCUT2D eigenvalue weighted by Crippen LogP contribution is 2.33. The molecule has 0 bridgehead atoms. The smallest absolute Gasteiger partial charge is 0.0121 e. The van der Waals surface area contributed by atoms with Crippen LogP contribution in [-0.4, -0.2) is 36.6 Å². The minimum absolute atomic E-state index is 0.884. The second-order valence-electron chi connectivity index (χ2n) is 7.21. The SMILES string of the molecule is CCC(C1CCCCC1)N1CCC(CNC2CC2)C1. The van der Waals surface area contributed by atoms with Crippen molar-refractivity contribution in [2.45, 2.75) is 76.8 Å². The first kappa shape index (κ1) is 13.9. The quantitative estimate of drug-likeness (QED) is 0.791. The Labute approximate surface area is 119 Å². The minimum atomic E-state index is 0.884. The van der Waals surface area contributed by atoms with Crippen LogP contribution in [0.3, 0.4) is 0 Å². The number of rotatable bonds is 6. The second-order valence-corrected chi connectivity index (χ2v) is 7.21. The normalized spacial score (nSPS) is 31.7. The highest BCUT2D eigenvalue weighted by molar-refractivity contribution is 4.88. The van der Waals surface area contributed by atoms with Crippen molar-refractivity contribution in [1.82, 2.24) is 10.2 Å². The third-order valence-electron chi connectivity index (χ3n) is 5.67. The van der Waals surface area contributed by atoms with Crippen LogP contribution in [0.2, 0.25) is 0 Å². The monoisotopic (exact) mass is 264 g/mol. The van der Waals surface area contributed by atoms with Gasteiger partial charge in [0.1, 0.15) is 0 Å². The molecule has 1 heterocycles. The first-order valence-corrected chi connectivity index (χ1v) is 8.84. The molecule has 2 aliphatic carbocycles. The lowest BCUT2D eigenvalue weighted by Gasteiger charge is -2.36. The van der Waals surface area contributed by atoms with Crippen LogP contribution in [0.5, 0.6) is 0 Å². The summed E-state index contributed by atoms with van der Waals surface area (Å²) in [6.45, 7) is 6.43. The molecule has 19 heavy (non-hydrogen) atoms. The van der Waals surface area contributed by atoms with Gasteiger partial charge in [0.05, 0.1) is 0 Å². The third-order valence-corrected chi connectivity index (χ3v) is 5.67. The van der Waals surface area contributed by atoms with E-state index in [4.69, 9.17) is 0 Å². The molecule has 3 fully saturated rings. The molecule has 0 aromatic rings.